The lowest BCUT2D eigenvalue weighted by Crippen LogP contribution is -2.23. The average molecular weight is 400 g/mol. The van der Waals surface area contributed by atoms with Gasteiger partial charge in [-0.2, -0.15) is 0 Å². The summed E-state index contributed by atoms with van der Waals surface area (Å²) in [7, 11) is 0. The summed E-state index contributed by atoms with van der Waals surface area (Å²) in [5.74, 6) is 0.221. The van der Waals surface area contributed by atoms with Crippen molar-refractivity contribution in [3.63, 3.8) is 0 Å². The normalized spacial score (nSPS) is 10.4. The van der Waals surface area contributed by atoms with E-state index in [1.54, 1.807) is 12.1 Å². The number of carbonyl (C=O) groups excluding carboxylic acids is 1. The highest BCUT2D eigenvalue weighted by atomic mass is 127. The third kappa shape index (κ3) is 5.34. The lowest BCUT2D eigenvalue weighted by atomic mass is 10.2. The van der Waals surface area contributed by atoms with Gasteiger partial charge >= 0.3 is 0 Å². The van der Waals surface area contributed by atoms with E-state index in [0.717, 1.165) is 13.0 Å². The molecule has 0 aliphatic heterocycles. The monoisotopic (exact) mass is 399 g/mol. The average Bonchev–Trinajstić information content (AvgIpc) is 2.70. The molecule has 0 bridgehead atoms. The highest BCUT2D eigenvalue weighted by Gasteiger charge is 2.08. The Morgan fingerprint density at radius 2 is 2.06 bits per heavy atom. The Morgan fingerprint density at radius 1 is 1.31 bits per heavy atom. The molecule has 3 nitrogen and oxygen atoms in total. The van der Waals surface area contributed by atoms with Crippen LogP contribution in [0.3, 0.4) is 0 Å². The van der Waals surface area contributed by atoms with Gasteiger partial charge in [-0.3, -0.25) is 4.79 Å². The van der Waals surface area contributed by atoms with E-state index in [2.05, 4.69) is 43.8 Å². The molecule has 1 amide bonds. The van der Waals surface area contributed by atoms with Crippen LogP contribution in [0.2, 0.25) is 0 Å². The first-order valence-corrected chi connectivity index (χ1v) is 7.65. The molecule has 1 heterocycles. The van der Waals surface area contributed by atoms with Crippen LogP contribution >= 0.6 is 38.5 Å². The topological polar surface area (TPSA) is 42.2 Å². The van der Waals surface area contributed by atoms with Gasteiger partial charge in [-0.1, -0.05) is 35.4 Å². The van der Waals surface area contributed by atoms with Crippen LogP contribution in [-0.4, -0.2) is 16.9 Å². The van der Waals surface area contributed by atoms with Crippen molar-refractivity contribution in [1.82, 2.24) is 5.32 Å². The predicted molar refractivity (Wildman–Crippen MR) is 76.1 cm³/mol. The zero-order chi connectivity index (χ0) is 11.8. The van der Waals surface area contributed by atoms with E-state index in [1.807, 2.05) is 0 Å². The van der Waals surface area contributed by atoms with E-state index in [4.69, 9.17) is 4.42 Å². The van der Waals surface area contributed by atoms with Crippen LogP contribution in [0.1, 0.15) is 36.2 Å². The number of furan rings is 1. The molecule has 0 atom stereocenters. The number of amides is 1. The number of hydrogen-bond donors (Lipinski definition) is 1. The van der Waals surface area contributed by atoms with E-state index in [1.165, 1.54) is 23.7 Å². The molecule has 1 N–H and O–H groups in total. The Morgan fingerprint density at radius 3 is 2.69 bits per heavy atom. The molecule has 1 aromatic rings. The Bertz CT molecular complexity index is 328. The molecule has 1 rings (SSSR count). The Kier molecular flexibility index (Phi) is 7.11. The standard InChI is InChI=1S/C11H15BrINO2/c12-10-6-5-9(16-10)11(15)14-8-4-2-1-3-7-13/h5-6H,1-4,7-8H2,(H,14,15). The van der Waals surface area contributed by atoms with Crippen LogP contribution in [0.25, 0.3) is 0 Å². The van der Waals surface area contributed by atoms with Gasteiger partial charge in [0.1, 0.15) is 0 Å². The van der Waals surface area contributed by atoms with E-state index >= 15 is 0 Å². The van der Waals surface area contributed by atoms with E-state index in [9.17, 15) is 4.79 Å². The van der Waals surface area contributed by atoms with Crippen molar-refractivity contribution in [3.05, 3.63) is 22.6 Å². The maximum atomic E-state index is 11.5. The summed E-state index contributed by atoms with van der Waals surface area (Å²) in [4.78, 5) is 11.5. The number of halogens is 2. The van der Waals surface area contributed by atoms with Gasteiger partial charge in [-0.25, -0.2) is 0 Å². The third-order valence-corrected chi connectivity index (χ3v) is 3.33. The first-order valence-electron chi connectivity index (χ1n) is 5.33. The number of carbonyl (C=O) groups is 1. The van der Waals surface area contributed by atoms with Crippen molar-refractivity contribution in [2.75, 3.05) is 11.0 Å². The number of alkyl halides is 1. The summed E-state index contributed by atoms with van der Waals surface area (Å²) in [5, 5.41) is 2.83. The summed E-state index contributed by atoms with van der Waals surface area (Å²) < 4.78 is 6.94. The van der Waals surface area contributed by atoms with Crippen LogP contribution < -0.4 is 5.32 Å². The van der Waals surface area contributed by atoms with Gasteiger partial charge < -0.3 is 9.73 Å². The van der Waals surface area contributed by atoms with Crippen molar-refractivity contribution >= 4 is 44.4 Å². The van der Waals surface area contributed by atoms with Crippen molar-refractivity contribution < 1.29 is 9.21 Å². The molecule has 0 saturated heterocycles. The molecule has 0 aromatic carbocycles. The zero-order valence-corrected chi connectivity index (χ0v) is 12.7. The molecule has 1 aromatic heterocycles. The molecular formula is C11H15BrINO2. The summed E-state index contributed by atoms with van der Waals surface area (Å²) in [5.41, 5.74) is 0. The molecular weight excluding hydrogens is 385 g/mol. The number of rotatable bonds is 7. The van der Waals surface area contributed by atoms with Crippen LogP contribution in [0.4, 0.5) is 0 Å². The van der Waals surface area contributed by atoms with Crippen LogP contribution in [0.15, 0.2) is 21.2 Å². The predicted octanol–water partition coefficient (Wildman–Crippen LogP) is 3.77. The fraction of sp³-hybridized carbons (Fsp3) is 0.545. The molecule has 0 fully saturated rings. The second-order valence-corrected chi connectivity index (χ2v) is 5.32. The zero-order valence-electron chi connectivity index (χ0n) is 8.97. The minimum absolute atomic E-state index is 0.139. The highest BCUT2D eigenvalue weighted by molar-refractivity contribution is 14.1. The van der Waals surface area contributed by atoms with Crippen LogP contribution in [0, 0.1) is 0 Å². The molecule has 0 unspecified atom stereocenters. The van der Waals surface area contributed by atoms with Gasteiger partial charge in [0, 0.05) is 6.54 Å². The number of hydrogen-bond acceptors (Lipinski definition) is 2. The van der Waals surface area contributed by atoms with Gasteiger partial charge in [0.2, 0.25) is 0 Å². The molecule has 0 aliphatic rings. The summed E-state index contributed by atoms with van der Waals surface area (Å²) >= 11 is 5.55. The minimum atomic E-state index is -0.139. The smallest absolute Gasteiger partial charge is 0.287 e. The van der Waals surface area contributed by atoms with Crippen LogP contribution in [-0.2, 0) is 0 Å². The lowest BCUT2D eigenvalue weighted by molar-refractivity contribution is 0.0924. The molecule has 16 heavy (non-hydrogen) atoms. The van der Waals surface area contributed by atoms with Crippen molar-refractivity contribution in [3.8, 4) is 0 Å². The quantitative estimate of drug-likeness (QED) is 0.430. The Balaban J connectivity index is 2.11. The molecule has 0 saturated carbocycles. The molecule has 90 valence electrons. The number of nitrogens with one attached hydrogen (secondary N) is 1. The van der Waals surface area contributed by atoms with Gasteiger partial charge in [0.25, 0.3) is 5.91 Å². The summed E-state index contributed by atoms with van der Waals surface area (Å²) in [6.45, 7) is 0.721. The maximum absolute atomic E-state index is 11.5. The lowest BCUT2D eigenvalue weighted by Gasteiger charge is -2.02. The molecule has 0 spiro atoms. The van der Waals surface area contributed by atoms with Gasteiger partial charge in [-0.15, -0.1) is 0 Å². The fourth-order valence-corrected chi connectivity index (χ4v) is 2.14. The second kappa shape index (κ2) is 8.11. The fourth-order valence-electron chi connectivity index (χ4n) is 1.30. The second-order valence-electron chi connectivity index (χ2n) is 3.46. The van der Waals surface area contributed by atoms with Gasteiger partial charge in [0.05, 0.1) is 0 Å². The van der Waals surface area contributed by atoms with E-state index < -0.39 is 0 Å². The third-order valence-electron chi connectivity index (χ3n) is 2.14. The largest absolute Gasteiger partial charge is 0.444 e. The van der Waals surface area contributed by atoms with Crippen molar-refractivity contribution in [1.29, 1.82) is 0 Å². The van der Waals surface area contributed by atoms with Gasteiger partial charge in [-0.05, 0) is 45.3 Å². The maximum Gasteiger partial charge on any atom is 0.287 e. The van der Waals surface area contributed by atoms with E-state index in [0.29, 0.717) is 10.4 Å². The summed E-state index contributed by atoms with van der Waals surface area (Å²) in [6.07, 6.45) is 4.71. The molecule has 5 heteroatoms. The molecule has 0 aliphatic carbocycles. The van der Waals surface area contributed by atoms with Crippen molar-refractivity contribution in [2.24, 2.45) is 0 Å². The van der Waals surface area contributed by atoms with Gasteiger partial charge in [0.15, 0.2) is 10.4 Å². The SMILES string of the molecule is O=C(NCCCCCCI)c1ccc(Br)o1. The van der Waals surface area contributed by atoms with E-state index in [-0.39, 0.29) is 5.91 Å². The Labute approximate surface area is 118 Å². The first kappa shape index (κ1) is 14.0. The first-order chi connectivity index (χ1) is 7.74. The minimum Gasteiger partial charge on any atom is -0.444 e. The summed E-state index contributed by atoms with van der Waals surface area (Å²) in [6, 6.07) is 3.38. The Hall–Kier alpha value is -0.0400. The number of unbranched alkanes of at least 4 members (excludes halogenated alkanes) is 3. The van der Waals surface area contributed by atoms with Crippen molar-refractivity contribution in [2.45, 2.75) is 25.7 Å². The van der Waals surface area contributed by atoms with Crippen LogP contribution in [0.5, 0.6) is 0 Å². The molecule has 0 radical (unpaired) electrons. The highest BCUT2D eigenvalue weighted by Crippen LogP contribution is 2.13.